The first-order valence-corrected chi connectivity index (χ1v) is 10.2. The van der Waals surface area contributed by atoms with Gasteiger partial charge in [-0.1, -0.05) is 19.1 Å². The maximum atomic E-state index is 13.2. The Bertz CT molecular complexity index is 1140. The molecule has 0 spiro atoms. The first kappa shape index (κ1) is 21.7. The molecule has 0 amide bonds. The number of carbonyl (C=O) groups excluding carboxylic acids is 2. The van der Waals surface area contributed by atoms with E-state index < -0.39 is 17.8 Å². The number of allylic oxidation sites excluding steroid dienone is 1. The number of Topliss-reactive ketones (excluding diaryl/α,β-unsaturated/α-hetero) is 1. The molecule has 0 saturated heterocycles. The number of benzene rings is 1. The second-order valence-corrected chi connectivity index (χ2v) is 7.89. The Kier molecular flexibility index (Phi) is 6.06. The Morgan fingerprint density at radius 3 is 2.57 bits per heavy atom. The van der Waals surface area contributed by atoms with E-state index >= 15 is 0 Å². The van der Waals surface area contributed by atoms with Gasteiger partial charge in [0.15, 0.2) is 5.43 Å². The van der Waals surface area contributed by atoms with Gasteiger partial charge in [-0.15, -0.1) is 0 Å². The molecule has 0 fully saturated rings. The monoisotopic (exact) mass is 409 g/mol. The van der Waals surface area contributed by atoms with E-state index in [2.05, 4.69) is 4.99 Å². The van der Waals surface area contributed by atoms with Crippen LogP contribution in [-0.4, -0.2) is 23.6 Å². The van der Waals surface area contributed by atoms with Crippen LogP contribution in [0.25, 0.3) is 11.0 Å². The molecule has 2 aromatic rings. The third-order valence-electron chi connectivity index (χ3n) is 5.61. The van der Waals surface area contributed by atoms with Crippen LogP contribution >= 0.6 is 0 Å². The summed E-state index contributed by atoms with van der Waals surface area (Å²) in [4.78, 5) is 42.8. The highest BCUT2D eigenvalue weighted by atomic mass is 16.5. The van der Waals surface area contributed by atoms with Gasteiger partial charge < -0.3 is 9.15 Å². The molecule has 1 aromatic carbocycles. The average molecular weight is 409 g/mol. The van der Waals surface area contributed by atoms with Crippen molar-refractivity contribution >= 4 is 28.4 Å². The number of hydrogen-bond donors (Lipinski definition) is 0. The van der Waals surface area contributed by atoms with Crippen molar-refractivity contribution in [2.75, 3.05) is 0 Å². The zero-order chi connectivity index (χ0) is 22.2. The van der Waals surface area contributed by atoms with E-state index in [1.807, 2.05) is 13.8 Å². The second kappa shape index (κ2) is 8.38. The topological polar surface area (TPSA) is 85.9 Å². The Morgan fingerprint density at radius 1 is 1.23 bits per heavy atom. The van der Waals surface area contributed by atoms with Crippen molar-refractivity contribution in [2.24, 2.45) is 10.9 Å². The molecule has 0 aliphatic carbocycles. The molecule has 1 aliphatic rings. The number of esters is 1. The van der Waals surface area contributed by atoms with Crippen LogP contribution in [-0.2, 0) is 14.3 Å². The van der Waals surface area contributed by atoms with Crippen LogP contribution in [0.3, 0.4) is 0 Å². The molecule has 1 aliphatic heterocycles. The largest absolute Gasteiger partial charge is 0.461 e. The van der Waals surface area contributed by atoms with Crippen molar-refractivity contribution in [1.29, 1.82) is 0 Å². The molecule has 3 atom stereocenters. The van der Waals surface area contributed by atoms with Crippen molar-refractivity contribution < 1.29 is 18.7 Å². The van der Waals surface area contributed by atoms with Crippen LogP contribution in [0.1, 0.15) is 58.3 Å². The summed E-state index contributed by atoms with van der Waals surface area (Å²) in [6.45, 7) is 10.5. The second-order valence-electron chi connectivity index (χ2n) is 7.89. The van der Waals surface area contributed by atoms with Crippen molar-refractivity contribution in [3.05, 3.63) is 57.1 Å². The SMILES string of the molecule is CC[C@H](C)OC(=O)C1=C(C)N=C(C)C(C(C)=O)[C@H]1c1cccc2c(=O)cc(C)oc12. The molecule has 1 unspecified atom stereocenters. The lowest BCUT2D eigenvalue weighted by Gasteiger charge is -2.32. The lowest BCUT2D eigenvalue weighted by molar-refractivity contribution is -0.144. The van der Waals surface area contributed by atoms with E-state index in [-0.39, 0.29) is 17.3 Å². The first-order chi connectivity index (χ1) is 14.1. The van der Waals surface area contributed by atoms with Gasteiger partial charge in [0.1, 0.15) is 17.1 Å². The standard InChI is InChI=1S/C24H27NO5/c1-7-12(2)30-24(28)21-15(5)25-14(4)20(16(6)26)22(21)18-10-8-9-17-19(27)11-13(3)29-23(17)18/h8-12,20,22H,7H2,1-6H3/t12-,20?,22+/m0/s1. The Morgan fingerprint density at radius 2 is 1.93 bits per heavy atom. The van der Waals surface area contributed by atoms with Gasteiger partial charge in [0, 0.05) is 29.0 Å². The first-order valence-electron chi connectivity index (χ1n) is 10.2. The number of aliphatic imine (C=N–C) groups is 1. The van der Waals surface area contributed by atoms with Crippen LogP contribution in [0.5, 0.6) is 0 Å². The van der Waals surface area contributed by atoms with Gasteiger partial charge >= 0.3 is 5.97 Å². The quantitative estimate of drug-likeness (QED) is 0.680. The zero-order valence-corrected chi connectivity index (χ0v) is 18.2. The minimum atomic E-state index is -0.649. The molecule has 30 heavy (non-hydrogen) atoms. The summed E-state index contributed by atoms with van der Waals surface area (Å²) in [5.74, 6) is -1.45. The summed E-state index contributed by atoms with van der Waals surface area (Å²) in [7, 11) is 0. The summed E-state index contributed by atoms with van der Waals surface area (Å²) in [5.41, 5.74) is 2.29. The van der Waals surface area contributed by atoms with E-state index in [0.717, 1.165) is 0 Å². The maximum absolute atomic E-state index is 13.2. The van der Waals surface area contributed by atoms with Crippen molar-refractivity contribution in [2.45, 2.75) is 60.0 Å². The smallest absolute Gasteiger partial charge is 0.336 e. The highest BCUT2D eigenvalue weighted by Gasteiger charge is 2.41. The minimum absolute atomic E-state index is 0.116. The molecule has 0 radical (unpaired) electrons. The molecule has 1 aromatic heterocycles. The van der Waals surface area contributed by atoms with Gasteiger partial charge in [-0.05, 0) is 47.1 Å². The summed E-state index contributed by atoms with van der Waals surface area (Å²) in [6, 6.07) is 6.66. The molecule has 158 valence electrons. The van der Waals surface area contributed by atoms with Crippen LogP contribution in [0.4, 0.5) is 0 Å². The minimum Gasteiger partial charge on any atom is -0.461 e. The number of para-hydroxylation sites is 1. The van der Waals surface area contributed by atoms with Gasteiger partial charge in [0.25, 0.3) is 0 Å². The van der Waals surface area contributed by atoms with Crippen molar-refractivity contribution in [1.82, 2.24) is 0 Å². The average Bonchev–Trinajstić information content (AvgIpc) is 2.66. The van der Waals surface area contributed by atoms with E-state index in [1.54, 1.807) is 39.0 Å². The molecular weight excluding hydrogens is 382 g/mol. The third kappa shape index (κ3) is 3.86. The maximum Gasteiger partial charge on any atom is 0.336 e. The molecule has 0 saturated carbocycles. The van der Waals surface area contributed by atoms with Crippen molar-refractivity contribution in [3.8, 4) is 0 Å². The van der Waals surface area contributed by atoms with Gasteiger partial charge in [-0.3, -0.25) is 14.6 Å². The Labute approximate surface area is 175 Å². The van der Waals surface area contributed by atoms with E-state index in [1.165, 1.54) is 13.0 Å². The normalized spacial score (nSPS) is 20.1. The van der Waals surface area contributed by atoms with Crippen LogP contribution < -0.4 is 5.43 Å². The Balaban J connectivity index is 2.31. The predicted octanol–water partition coefficient (Wildman–Crippen LogP) is 4.48. The van der Waals surface area contributed by atoms with E-state index in [9.17, 15) is 14.4 Å². The van der Waals surface area contributed by atoms with Gasteiger partial charge in [0.05, 0.1) is 23.0 Å². The molecule has 0 N–H and O–H groups in total. The molecular formula is C24H27NO5. The highest BCUT2D eigenvalue weighted by molar-refractivity contribution is 6.09. The zero-order valence-electron chi connectivity index (χ0n) is 18.2. The van der Waals surface area contributed by atoms with Crippen LogP contribution in [0.2, 0.25) is 0 Å². The van der Waals surface area contributed by atoms with Gasteiger partial charge in [-0.2, -0.15) is 0 Å². The van der Waals surface area contributed by atoms with Crippen molar-refractivity contribution in [3.63, 3.8) is 0 Å². The van der Waals surface area contributed by atoms with Crippen LogP contribution in [0, 0.1) is 12.8 Å². The molecule has 0 bridgehead atoms. The van der Waals surface area contributed by atoms with Gasteiger partial charge in [0.2, 0.25) is 0 Å². The van der Waals surface area contributed by atoms with Crippen LogP contribution in [0.15, 0.2) is 49.7 Å². The number of fused-ring (bicyclic) bond motifs is 1. The summed E-state index contributed by atoms with van der Waals surface area (Å²) in [5, 5.41) is 0.410. The number of nitrogens with zero attached hydrogens (tertiary/aromatic N) is 1. The fourth-order valence-electron chi connectivity index (χ4n) is 4.06. The highest BCUT2D eigenvalue weighted by Crippen LogP contribution is 2.42. The summed E-state index contributed by atoms with van der Waals surface area (Å²) >= 11 is 0. The number of ether oxygens (including phenoxy) is 1. The third-order valence-corrected chi connectivity index (χ3v) is 5.61. The fourth-order valence-corrected chi connectivity index (χ4v) is 4.06. The van der Waals surface area contributed by atoms with E-state index in [4.69, 9.17) is 9.15 Å². The number of rotatable bonds is 5. The number of hydrogen-bond acceptors (Lipinski definition) is 6. The lowest BCUT2D eigenvalue weighted by atomic mass is 9.73. The molecule has 2 heterocycles. The number of carbonyl (C=O) groups is 2. The summed E-state index contributed by atoms with van der Waals surface area (Å²) < 4.78 is 11.5. The number of aryl methyl sites for hydroxylation is 1. The lowest BCUT2D eigenvalue weighted by Crippen LogP contribution is -2.35. The van der Waals surface area contributed by atoms with E-state index in [0.29, 0.717) is 45.7 Å². The molecule has 6 heteroatoms. The Hall–Kier alpha value is -3.02. The number of ketones is 1. The summed E-state index contributed by atoms with van der Waals surface area (Å²) in [6.07, 6.45) is 0.401. The molecule has 3 rings (SSSR count). The van der Waals surface area contributed by atoms with Gasteiger partial charge in [-0.25, -0.2) is 4.79 Å². The fraction of sp³-hybridized carbons (Fsp3) is 0.417. The predicted molar refractivity (Wildman–Crippen MR) is 116 cm³/mol. The molecule has 6 nitrogen and oxygen atoms in total.